The van der Waals surface area contributed by atoms with E-state index in [2.05, 4.69) is 41.6 Å². The van der Waals surface area contributed by atoms with Gasteiger partial charge in [-0.3, -0.25) is 0 Å². The minimum absolute atomic E-state index is 0.164. The van der Waals surface area contributed by atoms with Crippen LogP contribution >= 0.6 is 0 Å². The number of hydrogen-bond donors (Lipinski definition) is 1. The van der Waals surface area contributed by atoms with E-state index in [-0.39, 0.29) is 11.7 Å². The van der Waals surface area contributed by atoms with Crippen LogP contribution in [0, 0.1) is 12.7 Å². The minimum Gasteiger partial charge on any atom is -0.345 e. The lowest BCUT2D eigenvalue weighted by molar-refractivity contribution is 0.213. The van der Waals surface area contributed by atoms with E-state index in [1.54, 1.807) is 29.2 Å². The number of nitrogens with one attached hydrogen (secondary N) is 1. The Bertz CT molecular complexity index is 964. The van der Waals surface area contributed by atoms with Crippen LogP contribution in [0.4, 0.5) is 14.9 Å². The van der Waals surface area contributed by atoms with Gasteiger partial charge in [-0.05, 0) is 36.8 Å². The standard InChI is InChI=1S/C23H24FN3O/c1-3-13-27(23(28)25-22-12-5-4-11-21(22)24)17-20-10-7-14-26(20)16-19-9-6-8-18(2)15-19/h3-12,14-15H,1,13,16-17H2,2H3,(H,25,28). The summed E-state index contributed by atoms with van der Waals surface area (Å²) in [5, 5.41) is 2.64. The fourth-order valence-corrected chi connectivity index (χ4v) is 3.08. The van der Waals surface area contributed by atoms with Crippen LogP contribution in [0.5, 0.6) is 0 Å². The number of aryl methyl sites for hydroxylation is 1. The highest BCUT2D eigenvalue weighted by Crippen LogP contribution is 2.16. The van der Waals surface area contributed by atoms with E-state index < -0.39 is 5.82 Å². The quantitative estimate of drug-likeness (QED) is 0.564. The third-order valence-electron chi connectivity index (χ3n) is 4.46. The van der Waals surface area contributed by atoms with Crippen LogP contribution in [0.15, 0.2) is 79.5 Å². The number of hydrogen-bond acceptors (Lipinski definition) is 1. The van der Waals surface area contributed by atoms with E-state index in [1.165, 1.54) is 17.2 Å². The van der Waals surface area contributed by atoms with Crippen LogP contribution < -0.4 is 5.32 Å². The summed E-state index contributed by atoms with van der Waals surface area (Å²) in [5.74, 6) is -0.461. The third kappa shape index (κ3) is 4.88. The number of aromatic nitrogens is 1. The van der Waals surface area contributed by atoms with Crippen molar-refractivity contribution in [3.63, 3.8) is 0 Å². The first-order valence-electron chi connectivity index (χ1n) is 9.17. The Labute approximate surface area is 164 Å². The average Bonchev–Trinajstić information content (AvgIpc) is 3.10. The SMILES string of the molecule is C=CCN(Cc1cccn1Cc1cccc(C)c1)C(=O)Nc1ccccc1F. The molecule has 0 saturated heterocycles. The summed E-state index contributed by atoms with van der Waals surface area (Å²) in [7, 11) is 0. The zero-order valence-electron chi connectivity index (χ0n) is 15.9. The topological polar surface area (TPSA) is 37.3 Å². The molecule has 0 radical (unpaired) electrons. The number of carbonyl (C=O) groups is 1. The highest BCUT2D eigenvalue weighted by Gasteiger charge is 2.16. The van der Waals surface area contributed by atoms with Crippen molar-refractivity contribution in [3.8, 4) is 0 Å². The number of nitrogens with zero attached hydrogens (tertiary/aromatic N) is 2. The molecule has 0 aliphatic carbocycles. The molecule has 4 nitrogen and oxygen atoms in total. The summed E-state index contributed by atoms with van der Waals surface area (Å²) in [6.07, 6.45) is 3.66. The molecule has 1 heterocycles. The zero-order chi connectivity index (χ0) is 19.9. The van der Waals surface area contributed by atoms with Gasteiger partial charge in [0.1, 0.15) is 5.82 Å². The van der Waals surface area contributed by atoms with Gasteiger partial charge in [0.2, 0.25) is 0 Å². The Hall–Kier alpha value is -3.34. The van der Waals surface area contributed by atoms with E-state index in [4.69, 9.17) is 0 Å². The van der Waals surface area contributed by atoms with Gasteiger partial charge in [-0.25, -0.2) is 9.18 Å². The van der Waals surface area contributed by atoms with Gasteiger partial charge < -0.3 is 14.8 Å². The summed E-state index contributed by atoms with van der Waals surface area (Å²) in [5.41, 5.74) is 3.57. The van der Waals surface area contributed by atoms with Crippen molar-refractivity contribution >= 4 is 11.7 Å². The van der Waals surface area contributed by atoms with E-state index in [0.717, 1.165) is 12.2 Å². The Morgan fingerprint density at radius 1 is 1.18 bits per heavy atom. The number of para-hydroxylation sites is 1. The maximum absolute atomic E-state index is 13.9. The molecule has 144 valence electrons. The number of benzene rings is 2. The van der Waals surface area contributed by atoms with Gasteiger partial charge >= 0.3 is 6.03 Å². The van der Waals surface area contributed by atoms with Crippen molar-refractivity contribution in [1.29, 1.82) is 0 Å². The Morgan fingerprint density at radius 3 is 2.75 bits per heavy atom. The van der Waals surface area contributed by atoms with Gasteiger partial charge in [-0.15, -0.1) is 6.58 Å². The molecular weight excluding hydrogens is 353 g/mol. The molecule has 0 aliphatic heterocycles. The molecule has 0 aliphatic rings. The van der Waals surface area contributed by atoms with Crippen LogP contribution in [0.2, 0.25) is 0 Å². The number of amides is 2. The van der Waals surface area contributed by atoms with E-state index in [1.807, 2.05) is 24.4 Å². The number of rotatable bonds is 7. The molecule has 1 aromatic heterocycles. The molecule has 0 bridgehead atoms. The van der Waals surface area contributed by atoms with Gasteiger partial charge in [0.25, 0.3) is 0 Å². The highest BCUT2D eigenvalue weighted by molar-refractivity contribution is 5.89. The molecule has 3 rings (SSSR count). The highest BCUT2D eigenvalue weighted by atomic mass is 19.1. The zero-order valence-corrected chi connectivity index (χ0v) is 15.9. The van der Waals surface area contributed by atoms with Gasteiger partial charge in [0.05, 0.1) is 12.2 Å². The molecule has 2 aromatic carbocycles. The second kappa shape index (κ2) is 9.04. The largest absolute Gasteiger partial charge is 0.345 e. The van der Waals surface area contributed by atoms with Crippen LogP contribution in [-0.4, -0.2) is 22.0 Å². The monoisotopic (exact) mass is 377 g/mol. The molecule has 3 aromatic rings. The lowest BCUT2D eigenvalue weighted by atomic mass is 10.1. The number of carbonyl (C=O) groups excluding carboxylic acids is 1. The lowest BCUT2D eigenvalue weighted by Crippen LogP contribution is -2.35. The van der Waals surface area contributed by atoms with Crippen molar-refractivity contribution in [3.05, 3.63) is 102 Å². The van der Waals surface area contributed by atoms with Crippen molar-refractivity contribution in [2.24, 2.45) is 0 Å². The lowest BCUT2D eigenvalue weighted by Gasteiger charge is -2.23. The normalized spacial score (nSPS) is 10.5. The molecule has 0 saturated carbocycles. The van der Waals surface area contributed by atoms with Gasteiger partial charge in [0.15, 0.2) is 0 Å². The predicted octanol–water partition coefficient (Wildman–Crippen LogP) is 5.20. The Kier molecular flexibility index (Phi) is 6.27. The van der Waals surface area contributed by atoms with Gasteiger partial charge in [0, 0.05) is 25.0 Å². The van der Waals surface area contributed by atoms with Crippen molar-refractivity contribution < 1.29 is 9.18 Å². The second-order valence-electron chi connectivity index (χ2n) is 6.70. The minimum atomic E-state index is -0.461. The van der Waals surface area contributed by atoms with E-state index >= 15 is 0 Å². The predicted molar refractivity (Wildman–Crippen MR) is 111 cm³/mol. The fourth-order valence-electron chi connectivity index (χ4n) is 3.08. The number of halogens is 1. The summed E-state index contributed by atoms with van der Waals surface area (Å²) in [4.78, 5) is 14.3. The van der Waals surface area contributed by atoms with Crippen molar-refractivity contribution in [2.75, 3.05) is 11.9 Å². The Balaban J connectivity index is 1.74. The first-order valence-corrected chi connectivity index (χ1v) is 9.17. The van der Waals surface area contributed by atoms with Crippen LogP contribution in [0.3, 0.4) is 0 Å². The molecule has 5 heteroatoms. The van der Waals surface area contributed by atoms with Crippen LogP contribution in [0.1, 0.15) is 16.8 Å². The molecule has 0 spiro atoms. The second-order valence-corrected chi connectivity index (χ2v) is 6.70. The molecule has 2 amide bonds. The van der Waals surface area contributed by atoms with Crippen LogP contribution in [0.25, 0.3) is 0 Å². The van der Waals surface area contributed by atoms with Gasteiger partial charge in [-0.1, -0.05) is 48.0 Å². The summed E-state index contributed by atoms with van der Waals surface area (Å²) in [6.45, 7) is 7.28. The van der Waals surface area contributed by atoms with E-state index in [9.17, 15) is 9.18 Å². The number of urea groups is 1. The molecule has 28 heavy (non-hydrogen) atoms. The molecule has 0 fully saturated rings. The molecule has 0 atom stereocenters. The Morgan fingerprint density at radius 2 is 2.00 bits per heavy atom. The third-order valence-corrected chi connectivity index (χ3v) is 4.46. The fraction of sp³-hybridized carbons (Fsp3) is 0.174. The maximum Gasteiger partial charge on any atom is 0.322 e. The molecular formula is C23H24FN3O. The van der Waals surface area contributed by atoms with Gasteiger partial charge in [-0.2, -0.15) is 0 Å². The van der Waals surface area contributed by atoms with Crippen molar-refractivity contribution in [1.82, 2.24) is 9.47 Å². The van der Waals surface area contributed by atoms with Crippen LogP contribution in [-0.2, 0) is 13.1 Å². The van der Waals surface area contributed by atoms with Crippen molar-refractivity contribution in [2.45, 2.75) is 20.0 Å². The smallest absolute Gasteiger partial charge is 0.322 e. The average molecular weight is 377 g/mol. The van der Waals surface area contributed by atoms with E-state index in [0.29, 0.717) is 13.1 Å². The summed E-state index contributed by atoms with van der Waals surface area (Å²) < 4.78 is 16.0. The first-order chi connectivity index (χ1) is 13.6. The summed E-state index contributed by atoms with van der Waals surface area (Å²) >= 11 is 0. The molecule has 0 unspecified atom stereocenters. The first kappa shape index (κ1) is 19.4. The number of anilines is 1. The summed E-state index contributed by atoms with van der Waals surface area (Å²) in [6, 6.07) is 18.1. The maximum atomic E-state index is 13.9. The molecule has 1 N–H and O–H groups in total.